The lowest BCUT2D eigenvalue weighted by Gasteiger charge is -2.26. The Morgan fingerprint density at radius 2 is 2.03 bits per heavy atom. The van der Waals surface area contributed by atoms with E-state index in [0.29, 0.717) is 35.7 Å². The van der Waals surface area contributed by atoms with Gasteiger partial charge in [0.25, 0.3) is 11.7 Å². The maximum atomic E-state index is 12.9. The molecule has 1 N–H and O–H groups in total. The van der Waals surface area contributed by atoms with E-state index in [1.165, 1.54) is 4.90 Å². The Morgan fingerprint density at radius 3 is 2.76 bits per heavy atom. The minimum Gasteiger partial charge on any atom is -0.507 e. The third kappa shape index (κ3) is 3.42. The van der Waals surface area contributed by atoms with Crippen LogP contribution in [0, 0.1) is 0 Å². The molecule has 29 heavy (non-hydrogen) atoms. The van der Waals surface area contributed by atoms with Gasteiger partial charge in [-0.3, -0.25) is 14.6 Å². The standard InChI is InChI=1S/C21H21N3O5/c1-23(2)8-9-24-18(14-4-3-7-22-11-14)17(20(26)21(24)27)19(25)13-5-6-15-16(10-13)29-12-28-15/h3-7,10-11,18,25H,8-9,12H2,1-2H3/b19-17-. The van der Waals surface area contributed by atoms with Crippen molar-refractivity contribution in [2.45, 2.75) is 6.04 Å². The average molecular weight is 395 g/mol. The molecule has 1 fully saturated rings. The molecule has 3 heterocycles. The summed E-state index contributed by atoms with van der Waals surface area (Å²) in [6, 6.07) is 7.72. The molecular weight excluding hydrogens is 374 g/mol. The molecule has 8 heteroatoms. The molecule has 0 spiro atoms. The van der Waals surface area contributed by atoms with Crippen molar-refractivity contribution in [2.75, 3.05) is 34.0 Å². The van der Waals surface area contributed by atoms with Gasteiger partial charge in [-0.2, -0.15) is 0 Å². The van der Waals surface area contributed by atoms with Crippen LogP contribution in [0.5, 0.6) is 11.5 Å². The topological polar surface area (TPSA) is 92.2 Å². The lowest BCUT2D eigenvalue weighted by atomic mass is 9.96. The van der Waals surface area contributed by atoms with E-state index in [1.807, 2.05) is 19.0 Å². The van der Waals surface area contributed by atoms with Crippen LogP contribution in [0.2, 0.25) is 0 Å². The minimum atomic E-state index is -0.715. The summed E-state index contributed by atoms with van der Waals surface area (Å²) in [5.41, 5.74) is 1.09. The van der Waals surface area contributed by atoms with Crippen LogP contribution in [0.25, 0.3) is 5.76 Å². The first-order valence-corrected chi connectivity index (χ1v) is 9.20. The number of likely N-dealkylation sites (N-methyl/N-ethyl adjacent to an activating group) is 1. The van der Waals surface area contributed by atoms with E-state index in [9.17, 15) is 14.7 Å². The molecule has 4 rings (SSSR count). The number of benzene rings is 1. The number of nitrogens with zero attached hydrogens (tertiary/aromatic N) is 3. The number of ketones is 1. The number of amides is 1. The number of rotatable bonds is 5. The SMILES string of the molecule is CN(C)CCN1C(=O)C(=O)/C(=C(\O)c2ccc3c(c2)OCO3)C1c1cccnc1. The molecule has 150 valence electrons. The van der Waals surface area contributed by atoms with Crippen LogP contribution in [-0.4, -0.2) is 65.6 Å². The molecule has 0 radical (unpaired) electrons. The lowest BCUT2D eigenvalue weighted by Crippen LogP contribution is -2.35. The summed E-state index contributed by atoms with van der Waals surface area (Å²) in [6.07, 6.45) is 3.22. The predicted molar refractivity (Wildman–Crippen MR) is 104 cm³/mol. The summed E-state index contributed by atoms with van der Waals surface area (Å²) < 4.78 is 10.7. The molecule has 1 aromatic carbocycles. The normalized spacial score (nSPS) is 20.0. The summed E-state index contributed by atoms with van der Waals surface area (Å²) in [6.45, 7) is 1.02. The van der Waals surface area contributed by atoms with Crippen molar-refractivity contribution < 1.29 is 24.2 Å². The van der Waals surface area contributed by atoms with Gasteiger partial charge in [-0.05, 0) is 43.9 Å². The zero-order valence-corrected chi connectivity index (χ0v) is 16.2. The maximum absolute atomic E-state index is 12.9. The van der Waals surface area contributed by atoms with Crippen molar-refractivity contribution in [3.8, 4) is 11.5 Å². The molecule has 1 amide bonds. The van der Waals surface area contributed by atoms with Crippen LogP contribution in [0.4, 0.5) is 0 Å². The Kier molecular flexibility index (Phi) is 4.94. The Morgan fingerprint density at radius 1 is 1.24 bits per heavy atom. The summed E-state index contributed by atoms with van der Waals surface area (Å²) in [5.74, 6) is -0.552. The molecule has 1 aromatic heterocycles. The number of aromatic nitrogens is 1. The first kappa shape index (κ1) is 18.9. The van der Waals surface area contributed by atoms with Crippen LogP contribution >= 0.6 is 0 Å². The highest BCUT2D eigenvalue weighted by molar-refractivity contribution is 6.46. The van der Waals surface area contributed by atoms with Gasteiger partial charge in [0.15, 0.2) is 11.5 Å². The molecule has 2 aliphatic rings. The summed E-state index contributed by atoms with van der Waals surface area (Å²) in [7, 11) is 3.78. The number of pyridine rings is 1. The zero-order chi connectivity index (χ0) is 20.5. The number of hydrogen-bond donors (Lipinski definition) is 1. The highest BCUT2D eigenvalue weighted by Gasteiger charge is 2.46. The van der Waals surface area contributed by atoms with Gasteiger partial charge >= 0.3 is 0 Å². The maximum Gasteiger partial charge on any atom is 0.295 e. The van der Waals surface area contributed by atoms with E-state index in [1.54, 1.807) is 42.7 Å². The van der Waals surface area contributed by atoms with E-state index in [-0.39, 0.29) is 18.1 Å². The third-order valence-electron chi connectivity index (χ3n) is 4.97. The van der Waals surface area contributed by atoms with Gasteiger partial charge in [0.05, 0.1) is 11.6 Å². The second-order valence-corrected chi connectivity index (χ2v) is 7.15. The van der Waals surface area contributed by atoms with Crippen molar-refractivity contribution in [3.05, 3.63) is 59.4 Å². The molecule has 0 bridgehead atoms. The molecule has 1 unspecified atom stereocenters. The Hall–Kier alpha value is -3.39. The largest absolute Gasteiger partial charge is 0.507 e. The summed E-state index contributed by atoms with van der Waals surface area (Å²) in [5, 5.41) is 11.0. The highest BCUT2D eigenvalue weighted by Crippen LogP contribution is 2.41. The molecule has 2 aliphatic heterocycles. The van der Waals surface area contributed by atoms with Crippen molar-refractivity contribution in [3.63, 3.8) is 0 Å². The first-order chi connectivity index (χ1) is 14.0. The van der Waals surface area contributed by atoms with Gasteiger partial charge in [-0.15, -0.1) is 0 Å². The molecule has 1 atom stereocenters. The van der Waals surface area contributed by atoms with E-state index in [0.717, 1.165) is 0 Å². The quantitative estimate of drug-likeness (QED) is 0.469. The van der Waals surface area contributed by atoms with Gasteiger partial charge < -0.3 is 24.4 Å². The number of likely N-dealkylation sites (tertiary alicyclic amines) is 1. The minimum absolute atomic E-state index is 0.0422. The van der Waals surface area contributed by atoms with Gasteiger partial charge in [-0.1, -0.05) is 6.07 Å². The molecule has 0 saturated carbocycles. The zero-order valence-electron chi connectivity index (χ0n) is 16.2. The Bertz CT molecular complexity index is 987. The van der Waals surface area contributed by atoms with E-state index < -0.39 is 17.7 Å². The van der Waals surface area contributed by atoms with E-state index in [4.69, 9.17) is 9.47 Å². The third-order valence-corrected chi connectivity index (χ3v) is 4.97. The number of carbonyl (C=O) groups is 2. The smallest absolute Gasteiger partial charge is 0.295 e. The summed E-state index contributed by atoms with van der Waals surface area (Å²) in [4.78, 5) is 33.2. The highest BCUT2D eigenvalue weighted by atomic mass is 16.7. The number of ether oxygens (including phenoxy) is 2. The number of aliphatic hydroxyl groups excluding tert-OH is 1. The van der Waals surface area contributed by atoms with Crippen LogP contribution in [-0.2, 0) is 9.59 Å². The fourth-order valence-corrected chi connectivity index (χ4v) is 3.50. The first-order valence-electron chi connectivity index (χ1n) is 9.20. The Balaban J connectivity index is 1.81. The van der Waals surface area contributed by atoms with Crippen LogP contribution < -0.4 is 9.47 Å². The van der Waals surface area contributed by atoms with E-state index in [2.05, 4.69) is 4.98 Å². The Labute approximate surface area is 168 Å². The monoisotopic (exact) mass is 395 g/mol. The molecule has 0 aliphatic carbocycles. The fourth-order valence-electron chi connectivity index (χ4n) is 3.50. The van der Waals surface area contributed by atoms with Crippen LogP contribution in [0.3, 0.4) is 0 Å². The molecule has 8 nitrogen and oxygen atoms in total. The van der Waals surface area contributed by atoms with E-state index >= 15 is 0 Å². The number of hydrogen-bond acceptors (Lipinski definition) is 7. The molecule has 1 saturated heterocycles. The summed E-state index contributed by atoms with van der Waals surface area (Å²) >= 11 is 0. The van der Waals surface area contributed by atoms with Crippen LogP contribution in [0.15, 0.2) is 48.3 Å². The van der Waals surface area contributed by atoms with Crippen molar-refractivity contribution >= 4 is 17.4 Å². The van der Waals surface area contributed by atoms with Crippen LogP contribution in [0.1, 0.15) is 17.2 Å². The number of carbonyl (C=O) groups excluding carboxylic acids is 2. The second-order valence-electron chi connectivity index (χ2n) is 7.15. The van der Waals surface area contributed by atoms with Gasteiger partial charge in [0, 0.05) is 31.0 Å². The molecular formula is C21H21N3O5. The number of aliphatic hydroxyl groups is 1. The predicted octanol–water partition coefficient (Wildman–Crippen LogP) is 1.79. The van der Waals surface area contributed by atoms with Crippen molar-refractivity contribution in [2.24, 2.45) is 0 Å². The van der Waals surface area contributed by atoms with Crippen molar-refractivity contribution in [1.82, 2.24) is 14.8 Å². The second kappa shape index (κ2) is 7.56. The number of Topliss-reactive ketones (excluding diaryl/α,β-unsaturated/α-hetero) is 1. The molecule has 2 aromatic rings. The number of fused-ring (bicyclic) bond motifs is 1. The van der Waals surface area contributed by atoms with Crippen molar-refractivity contribution in [1.29, 1.82) is 0 Å². The van der Waals surface area contributed by atoms with Gasteiger partial charge in [-0.25, -0.2) is 0 Å². The fraction of sp³-hybridized carbons (Fsp3) is 0.286. The average Bonchev–Trinajstić information content (AvgIpc) is 3.29. The lowest BCUT2D eigenvalue weighted by molar-refractivity contribution is -0.140. The van der Waals surface area contributed by atoms with Gasteiger partial charge in [0.1, 0.15) is 5.76 Å². The van der Waals surface area contributed by atoms with Gasteiger partial charge in [0.2, 0.25) is 6.79 Å².